The van der Waals surface area contributed by atoms with Crippen LogP contribution in [0.25, 0.3) is 0 Å². The van der Waals surface area contributed by atoms with Crippen LogP contribution in [0.15, 0.2) is 0 Å². The minimum atomic E-state index is -0.123. The van der Waals surface area contributed by atoms with Crippen molar-refractivity contribution in [1.29, 1.82) is 0 Å². The van der Waals surface area contributed by atoms with E-state index in [9.17, 15) is 4.79 Å². The van der Waals surface area contributed by atoms with E-state index in [1.807, 2.05) is 5.06 Å². The van der Waals surface area contributed by atoms with E-state index >= 15 is 0 Å². The first-order valence-corrected chi connectivity index (χ1v) is 4.39. The first kappa shape index (κ1) is 6.86. The molecule has 3 rings (SSSR count). The van der Waals surface area contributed by atoms with Gasteiger partial charge in [-0.2, -0.15) is 5.06 Å². The number of hydrogen-bond acceptors (Lipinski definition) is 4. The minimum absolute atomic E-state index is 0.110. The predicted octanol–water partition coefficient (Wildman–Crippen LogP) is -0.0640. The summed E-state index contributed by atoms with van der Waals surface area (Å²) >= 11 is 0. The third-order valence-electron chi connectivity index (χ3n) is 3.14. The molecule has 12 heavy (non-hydrogen) atoms. The van der Waals surface area contributed by atoms with Crippen molar-refractivity contribution in [2.45, 2.75) is 31.5 Å². The van der Waals surface area contributed by atoms with Gasteiger partial charge in [0.25, 0.3) is 0 Å². The van der Waals surface area contributed by atoms with Crippen molar-refractivity contribution < 1.29 is 14.4 Å². The van der Waals surface area contributed by atoms with Crippen LogP contribution in [0.4, 0.5) is 0 Å². The summed E-state index contributed by atoms with van der Waals surface area (Å²) in [6, 6.07) is 0.205. The highest BCUT2D eigenvalue weighted by molar-refractivity contribution is 5.77. The van der Waals surface area contributed by atoms with Gasteiger partial charge in [0.2, 0.25) is 0 Å². The number of rotatable bonds is 0. The maximum Gasteiger partial charge on any atom is 0.326 e. The number of piperidine rings is 1. The molecule has 0 unspecified atom stereocenters. The van der Waals surface area contributed by atoms with Gasteiger partial charge in [-0.05, 0) is 6.42 Å². The van der Waals surface area contributed by atoms with Gasteiger partial charge in [0, 0.05) is 5.92 Å². The molecule has 0 aromatic rings. The normalized spacial score (nSPS) is 51.2. The molecule has 0 saturated carbocycles. The highest BCUT2D eigenvalue weighted by atomic mass is 16.7. The zero-order valence-corrected chi connectivity index (χ0v) is 6.90. The SMILES string of the molecule is C[C@H]1[C@@H]2C[C@H]3COC(=O)[C@H]1N3O2. The quantitative estimate of drug-likeness (QED) is 0.476. The average molecular weight is 169 g/mol. The number of fused-ring (bicyclic) bond motifs is 1. The van der Waals surface area contributed by atoms with E-state index in [4.69, 9.17) is 9.57 Å². The van der Waals surface area contributed by atoms with Crippen LogP contribution in [0, 0.1) is 5.92 Å². The second-order valence-electron chi connectivity index (χ2n) is 3.83. The van der Waals surface area contributed by atoms with Crippen LogP contribution in [0.1, 0.15) is 13.3 Å². The highest BCUT2D eigenvalue weighted by Gasteiger charge is 2.57. The van der Waals surface area contributed by atoms with Crippen LogP contribution < -0.4 is 0 Å². The van der Waals surface area contributed by atoms with Gasteiger partial charge in [-0.3, -0.25) is 9.63 Å². The average Bonchev–Trinajstić information content (AvgIpc) is 2.57. The molecule has 0 aliphatic carbocycles. The van der Waals surface area contributed by atoms with Gasteiger partial charge in [0.1, 0.15) is 12.6 Å². The number of morpholine rings is 1. The molecule has 3 aliphatic rings. The monoisotopic (exact) mass is 169 g/mol. The molecular formula is C8H11NO3. The molecule has 4 heteroatoms. The summed E-state index contributed by atoms with van der Waals surface area (Å²) in [7, 11) is 0. The Morgan fingerprint density at radius 3 is 3.08 bits per heavy atom. The van der Waals surface area contributed by atoms with E-state index in [2.05, 4.69) is 6.92 Å². The molecule has 66 valence electrons. The maximum atomic E-state index is 11.3. The molecule has 4 nitrogen and oxygen atoms in total. The lowest BCUT2D eigenvalue weighted by Crippen LogP contribution is -2.54. The molecule has 4 atom stereocenters. The smallest absolute Gasteiger partial charge is 0.326 e. The van der Waals surface area contributed by atoms with Gasteiger partial charge >= 0.3 is 5.97 Å². The van der Waals surface area contributed by atoms with E-state index in [-0.39, 0.29) is 18.1 Å². The second kappa shape index (κ2) is 2.00. The van der Waals surface area contributed by atoms with Crippen LogP contribution in [0.3, 0.4) is 0 Å². The van der Waals surface area contributed by atoms with Gasteiger partial charge in [-0.25, -0.2) is 0 Å². The number of carbonyl (C=O) groups is 1. The number of hydrogen-bond donors (Lipinski definition) is 0. The van der Waals surface area contributed by atoms with Crippen molar-refractivity contribution in [3.63, 3.8) is 0 Å². The van der Waals surface area contributed by atoms with Crippen molar-refractivity contribution in [2.75, 3.05) is 6.61 Å². The third-order valence-corrected chi connectivity index (χ3v) is 3.14. The highest BCUT2D eigenvalue weighted by Crippen LogP contribution is 2.42. The van der Waals surface area contributed by atoms with E-state index < -0.39 is 0 Å². The number of cyclic esters (lactones) is 1. The summed E-state index contributed by atoms with van der Waals surface area (Å²) in [5, 5.41) is 1.85. The van der Waals surface area contributed by atoms with Crippen molar-refractivity contribution in [3.8, 4) is 0 Å². The molecule has 0 aromatic carbocycles. The fourth-order valence-electron chi connectivity index (χ4n) is 2.42. The fourth-order valence-corrected chi connectivity index (χ4v) is 2.42. The lowest BCUT2D eigenvalue weighted by Gasteiger charge is -2.35. The van der Waals surface area contributed by atoms with Gasteiger partial charge in [-0.1, -0.05) is 6.92 Å². The van der Waals surface area contributed by atoms with E-state index in [1.54, 1.807) is 0 Å². The van der Waals surface area contributed by atoms with Gasteiger partial charge in [0.15, 0.2) is 0 Å². The van der Waals surface area contributed by atoms with E-state index in [0.717, 1.165) is 6.42 Å². The Kier molecular flexibility index (Phi) is 1.14. The van der Waals surface area contributed by atoms with E-state index in [1.165, 1.54) is 0 Å². The largest absolute Gasteiger partial charge is 0.463 e. The lowest BCUT2D eigenvalue weighted by atomic mass is 9.87. The predicted molar refractivity (Wildman–Crippen MR) is 39.0 cm³/mol. The van der Waals surface area contributed by atoms with Gasteiger partial charge < -0.3 is 4.74 Å². The van der Waals surface area contributed by atoms with Crippen molar-refractivity contribution in [3.05, 3.63) is 0 Å². The molecule has 3 saturated heterocycles. The van der Waals surface area contributed by atoms with Gasteiger partial charge in [0.05, 0.1) is 12.1 Å². The number of carbonyl (C=O) groups excluding carboxylic acids is 1. The summed E-state index contributed by atoms with van der Waals surface area (Å²) in [5.41, 5.74) is 0. The molecule has 3 fully saturated rings. The summed E-state index contributed by atoms with van der Waals surface area (Å²) in [5.74, 6) is 0.190. The second-order valence-corrected chi connectivity index (χ2v) is 3.83. The molecule has 0 radical (unpaired) electrons. The molecule has 3 aliphatic heterocycles. The van der Waals surface area contributed by atoms with Gasteiger partial charge in [-0.15, -0.1) is 0 Å². The van der Waals surface area contributed by atoms with Crippen molar-refractivity contribution in [2.24, 2.45) is 5.92 Å². The lowest BCUT2D eigenvalue weighted by molar-refractivity contribution is -0.195. The van der Waals surface area contributed by atoms with Crippen LogP contribution >= 0.6 is 0 Å². The molecular weight excluding hydrogens is 158 g/mol. The minimum Gasteiger partial charge on any atom is -0.463 e. The molecule has 0 amide bonds. The summed E-state index contributed by atoms with van der Waals surface area (Å²) in [6.45, 7) is 2.57. The Hall–Kier alpha value is -0.610. The number of ether oxygens (including phenoxy) is 1. The summed E-state index contributed by atoms with van der Waals surface area (Å²) in [4.78, 5) is 16.9. The summed E-state index contributed by atoms with van der Waals surface area (Å²) in [6.07, 6.45) is 1.28. The number of nitrogens with zero attached hydrogens (tertiary/aromatic N) is 1. The molecule has 0 spiro atoms. The number of esters is 1. The van der Waals surface area contributed by atoms with Crippen molar-refractivity contribution in [1.82, 2.24) is 5.06 Å². The zero-order chi connectivity index (χ0) is 8.29. The Bertz CT molecular complexity index is 242. The molecule has 3 heterocycles. The van der Waals surface area contributed by atoms with Crippen molar-refractivity contribution >= 4 is 5.97 Å². The molecule has 2 bridgehead atoms. The zero-order valence-electron chi connectivity index (χ0n) is 6.90. The van der Waals surface area contributed by atoms with E-state index in [0.29, 0.717) is 18.6 Å². The van der Waals surface area contributed by atoms with Crippen LogP contribution in [-0.2, 0) is 14.4 Å². The molecule has 0 N–H and O–H groups in total. The standard InChI is InChI=1S/C8H11NO3/c1-4-6-2-5-3-11-8(10)7(4)9(5)12-6/h4-7H,2-3H2,1H3/t4-,5-,6-,7-/m0/s1. The Morgan fingerprint density at radius 2 is 2.42 bits per heavy atom. The number of hydroxylamine groups is 2. The fraction of sp³-hybridized carbons (Fsp3) is 0.875. The Balaban J connectivity index is 1.98. The maximum absolute atomic E-state index is 11.3. The topological polar surface area (TPSA) is 38.8 Å². The third kappa shape index (κ3) is 0.630. The van der Waals surface area contributed by atoms with Crippen LogP contribution in [0.2, 0.25) is 0 Å². The first-order valence-electron chi connectivity index (χ1n) is 4.39. The Morgan fingerprint density at radius 1 is 1.58 bits per heavy atom. The van der Waals surface area contributed by atoms with Crippen LogP contribution in [0.5, 0.6) is 0 Å². The molecule has 0 aromatic heterocycles. The van der Waals surface area contributed by atoms with Crippen LogP contribution in [-0.4, -0.2) is 35.8 Å². The first-order chi connectivity index (χ1) is 5.77. The summed E-state index contributed by atoms with van der Waals surface area (Å²) < 4.78 is 5.05. The Labute approximate surface area is 70.4 Å².